The first-order valence-corrected chi connectivity index (χ1v) is 10.4. The van der Waals surface area contributed by atoms with E-state index in [0.29, 0.717) is 38.1 Å². The van der Waals surface area contributed by atoms with E-state index in [-0.39, 0.29) is 42.0 Å². The van der Waals surface area contributed by atoms with Crippen molar-refractivity contribution in [2.45, 2.75) is 39.8 Å². The van der Waals surface area contributed by atoms with Crippen LogP contribution < -0.4 is 25.4 Å². The number of pyridine rings is 1. The van der Waals surface area contributed by atoms with Crippen LogP contribution in [0.1, 0.15) is 33.3 Å². The third-order valence-corrected chi connectivity index (χ3v) is 3.84. The number of benzene rings is 1. The molecule has 1 aromatic heterocycles. The molecule has 8 nitrogen and oxygen atoms in total. The van der Waals surface area contributed by atoms with Crippen LogP contribution in [0.5, 0.6) is 11.6 Å². The van der Waals surface area contributed by atoms with Gasteiger partial charge < -0.3 is 25.4 Å². The van der Waals surface area contributed by atoms with Crippen molar-refractivity contribution in [1.82, 2.24) is 20.9 Å². The van der Waals surface area contributed by atoms with E-state index < -0.39 is 0 Å². The van der Waals surface area contributed by atoms with Crippen LogP contribution in [0.2, 0.25) is 0 Å². The average Bonchev–Trinajstić information content (AvgIpc) is 2.73. The first-order chi connectivity index (χ1) is 14.9. The number of nitrogens with zero attached hydrogens (tertiary/aromatic N) is 2. The van der Waals surface area contributed by atoms with Crippen molar-refractivity contribution in [3.8, 4) is 11.6 Å². The van der Waals surface area contributed by atoms with Crippen LogP contribution in [-0.2, 0) is 11.3 Å². The molecular weight excluding hydrogens is 521 g/mol. The molecule has 1 heterocycles. The number of carbonyl (C=O) groups excluding carboxylic acids is 1. The van der Waals surface area contributed by atoms with Gasteiger partial charge >= 0.3 is 0 Å². The SMILES string of the molecule is CCNC(=NCc1ccc(OCCOc2ccccc2)nc1)NCC(=O)NC(C)(C)C.I. The molecule has 176 valence electrons. The minimum atomic E-state index is -0.266. The van der Waals surface area contributed by atoms with E-state index in [9.17, 15) is 4.79 Å². The summed E-state index contributed by atoms with van der Waals surface area (Å²) in [4.78, 5) is 20.8. The summed E-state index contributed by atoms with van der Waals surface area (Å²) in [5.41, 5.74) is 0.668. The number of rotatable bonds is 10. The van der Waals surface area contributed by atoms with E-state index >= 15 is 0 Å². The number of amides is 1. The molecule has 0 aliphatic rings. The molecule has 32 heavy (non-hydrogen) atoms. The maximum absolute atomic E-state index is 12.0. The van der Waals surface area contributed by atoms with E-state index in [1.807, 2.05) is 70.2 Å². The maximum atomic E-state index is 12.0. The molecule has 0 saturated heterocycles. The van der Waals surface area contributed by atoms with Crippen LogP contribution in [0.15, 0.2) is 53.7 Å². The van der Waals surface area contributed by atoms with Gasteiger partial charge in [0, 0.05) is 24.3 Å². The fourth-order valence-electron chi connectivity index (χ4n) is 2.55. The Balaban J connectivity index is 0.00000512. The van der Waals surface area contributed by atoms with Gasteiger partial charge in [-0.2, -0.15) is 0 Å². The summed E-state index contributed by atoms with van der Waals surface area (Å²) >= 11 is 0. The van der Waals surface area contributed by atoms with Gasteiger partial charge in [0.05, 0.1) is 13.1 Å². The number of hydrogen-bond donors (Lipinski definition) is 3. The summed E-state index contributed by atoms with van der Waals surface area (Å²) < 4.78 is 11.2. The molecule has 0 saturated carbocycles. The number of aromatic nitrogens is 1. The van der Waals surface area contributed by atoms with E-state index in [0.717, 1.165) is 11.3 Å². The lowest BCUT2D eigenvalue weighted by Gasteiger charge is -2.21. The summed E-state index contributed by atoms with van der Waals surface area (Å²) in [6, 6.07) is 13.3. The summed E-state index contributed by atoms with van der Waals surface area (Å²) in [6.45, 7) is 9.94. The number of halogens is 1. The minimum absolute atomic E-state index is 0. The van der Waals surface area contributed by atoms with Crippen molar-refractivity contribution < 1.29 is 14.3 Å². The zero-order valence-corrected chi connectivity index (χ0v) is 21.5. The highest BCUT2D eigenvalue weighted by Crippen LogP contribution is 2.10. The van der Waals surface area contributed by atoms with Gasteiger partial charge in [-0.3, -0.25) is 4.79 Å². The molecular formula is C23H34IN5O3. The molecule has 3 N–H and O–H groups in total. The first kappa shape index (κ1) is 27.5. The first-order valence-electron chi connectivity index (χ1n) is 10.4. The van der Waals surface area contributed by atoms with Gasteiger partial charge in [-0.1, -0.05) is 24.3 Å². The summed E-state index contributed by atoms with van der Waals surface area (Å²) in [5.74, 6) is 1.84. The molecule has 0 fully saturated rings. The molecule has 2 aromatic rings. The lowest BCUT2D eigenvalue weighted by atomic mass is 10.1. The fraction of sp³-hybridized carbons (Fsp3) is 0.435. The molecule has 1 aromatic carbocycles. The zero-order chi connectivity index (χ0) is 22.5. The summed E-state index contributed by atoms with van der Waals surface area (Å²) in [7, 11) is 0. The van der Waals surface area contributed by atoms with Crippen LogP contribution in [0.4, 0.5) is 0 Å². The number of nitrogens with one attached hydrogen (secondary N) is 3. The maximum Gasteiger partial charge on any atom is 0.239 e. The van der Waals surface area contributed by atoms with Gasteiger partial charge in [0.15, 0.2) is 5.96 Å². The van der Waals surface area contributed by atoms with Gasteiger partial charge in [0.2, 0.25) is 11.8 Å². The molecule has 0 unspecified atom stereocenters. The zero-order valence-electron chi connectivity index (χ0n) is 19.2. The Morgan fingerprint density at radius 3 is 2.38 bits per heavy atom. The summed E-state index contributed by atoms with van der Waals surface area (Å²) in [5, 5.41) is 9.08. The average molecular weight is 555 g/mol. The highest BCUT2D eigenvalue weighted by atomic mass is 127. The Morgan fingerprint density at radius 1 is 1.03 bits per heavy atom. The largest absolute Gasteiger partial charge is 0.490 e. The third-order valence-electron chi connectivity index (χ3n) is 3.84. The van der Waals surface area contributed by atoms with E-state index in [2.05, 4.69) is 25.9 Å². The molecule has 0 radical (unpaired) electrons. The van der Waals surface area contributed by atoms with Crippen LogP contribution >= 0.6 is 24.0 Å². The normalized spacial score (nSPS) is 11.2. The Morgan fingerprint density at radius 2 is 1.75 bits per heavy atom. The van der Waals surface area contributed by atoms with E-state index in [1.54, 1.807) is 6.20 Å². The number of aliphatic imine (C=N–C) groups is 1. The second-order valence-electron chi connectivity index (χ2n) is 7.86. The van der Waals surface area contributed by atoms with Crippen molar-refractivity contribution in [2.24, 2.45) is 4.99 Å². The predicted molar refractivity (Wildman–Crippen MR) is 138 cm³/mol. The molecule has 0 bridgehead atoms. The van der Waals surface area contributed by atoms with Gasteiger partial charge in [0.1, 0.15) is 19.0 Å². The monoisotopic (exact) mass is 555 g/mol. The van der Waals surface area contributed by atoms with E-state index in [4.69, 9.17) is 9.47 Å². The molecule has 0 aliphatic heterocycles. The van der Waals surface area contributed by atoms with Crippen molar-refractivity contribution >= 4 is 35.8 Å². The second kappa shape index (κ2) is 14.5. The minimum Gasteiger partial charge on any atom is -0.490 e. The van der Waals surface area contributed by atoms with Crippen molar-refractivity contribution in [3.05, 3.63) is 54.2 Å². The number of carbonyl (C=O) groups is 1. The molecule has 0 aliphatic carbocycles. The Labute approximate surface area is 207 Å². The Hall–Kier alpha value is -2.56. The van der Waals surface area contributed by atoms with Crippen LogP contribution in [0.3, 0.4) is 0 Å². The van der Waals surface area contributed by atoms with E-state index in [1.165, 1.54) is 0 Å². The number of hydrogen-bond acceptors (Lipinski definition) is 5. The van der Waals surface area contributed by atoms with Crippen LogP contribution in [0, 0.1) is 0 Å². The lowest BCUT2D eigenvalue weighted by Crippen LogP contribution is -2.48. The van der Waals surface area contributed by atoms with Gasteiger partial charge in [-0.15, -0.1) is 24.0 Å². The smallest absolute Gasteiger partial charge is 0.239 e. The van der Waals surface area contributed by atoms with Crippen LogP contribution in [0.25, 0.3) is 0 Å². The molecule has 1 amide bonds. The third kappa shape index (κ3) is 11.7. The van der Waals surface area contributed by atoms with Gasteiger partial charge in [0.25, 0.3) is 0 Å². The lowest BCUT2D eigenvalue weighted by molar-refractivity contribution is -0.121. The fourth-order valence-corrected chi connectivity index (χ4v) is 2.55. The quantitative estimate of drug-likeness (QED) is 0.181. The van der Waals surface area contributed by atoms with Crippen molar-refractivity contribution in [3.63, 3.8) is 0 Å². The topological polar surface area (TPSA) is 96.9 Å². The second-order valence-corrected chi connectivity index (χ2v) is 7.86. The highest BCUT2D eigenvalue weighted by molar-refractivity contribution is 14.0. The Kier molecular flexibility index (Phi) is 12.4. The highest BCUT2D eigenvalue weighted by Gasteiger charge is 2.13. The van der Waals surface area contributed by atoms with Gasteiger partial charge in [-0.05, 0) is 45.4 Å². The standard InChI is InChI=1S/C23H33N5O3.HI/c1-5-24-22(27-17-20(29)28-23(2,3)4)26-16-18-11-12-21(25-15-18)31-14-13-30-19-9-7-6-8-10-19;/h6-12,15H,5,13-14,16-17H2,1-4H3,(H,28,29)(H2,24,26,27);1H. The molecule has 2 rings (SSSR count). The van der Waals surface area contributed by atoms with Crippen molar-refractivity contribution in [1.29, 1.82) is 0 Å². The summed E-state index contributed by atoms with van der Waals surface area (Å²) in [6.07, 6.45) is 1.73. The molecule has 0 atom stereocenters. The van der Waals surface area contributed by atoms with Gasteiger partial charge in [-0.25, -0.2) is 9.98 Å². The number of ether oxygens (including phenoxy) is 2. The van der Waals surface area contributed by atoms with Crippen molar-refractivity contribution in [2.75, 3.05) is 26.3 Å². The number of guanidine groups is 1. The Bertz CT molecular complexity index is 824. The molecule has 0 spiro atoms. The molecule has 9 heteroatoms. The number of para-hydroxylation sites is 1. The predicted octanol–water partition coefficient (Wildman–Crippen LogP) is 3.13. The van der Waals surface area contributed by atoms with Crippen LogP contribution in [-0.4, -0.2) is 48.7 Å².